The zero-order valence-corrected chi connectivity index (χ0v) is 14.1. The molecule has 0 saturated carbocycles. The van der Waals surface area contributed by atoms with Crippen LogP contribution in [0.2, 0.25) is 0 Å². The van der Waals surface area contributed by atoms with E-state index in [9.17, 15) is 13.6 Å². The summed E-state index contributed by atoms with van der Waals surface area (Å²) in [6, 6.07) is 5.42. The number of halogens is 2. The summed E-state index contributed by atoms with van der Waals surface area (Å²) in [6.07, 6.45) is -0.659. The first-order chi connectivity index (χ1) is 11.5. The number of methoxy groups -OCH3 is 2. The fourth-order valence-electron chi connectivity index (χ4n) is 2.91. The fourth-order valence-corrected chi connectivity index (χ4v) is 2.91. The number of hydrogen-bond acceptors (Lipinski definition) is 4. The van der Waals surface area contributed by atoms with Gasteiger partial charge in [0, 0.05) is 19.1 Å². The Morgan fingerprint density at radius 1 is 1.25 bits per heavy atom. The number of carbonyl (C=O) groups is 1. The standard InChI is InChI=1S/C17H24F2N2O3/c1-23-14-4-3-12(9-15(14)24-2)10-17(22)20-13-5-7-21(8-6-13)11-16(18)19/h3-4,9,13,16H,5-8,10-11H2,1-2H3,(H,20,22). The number of nitrogens with one attached hydrogen (secondary N) is 1. The summed E-state index contributed by atoms with van der Waals surface area (Å²) in [5.41, 5.74) is 0.834. The first kappa shape index (κ1) is 18.4. The average Bonchev–Trinajstić information content (AvgIpc) is 2.56. The van der Waals surface area contributed by atoms with Crippen molar-refractivity contribution in [2.45, 2.75) is 31.7 Å². The van der Waals surface area contributed by atoms with E-state index in [0.717, 1.165) is 5.56 Å². The van der Waals surface area contributed by atoms with Gasteiger partial charge in [0.1, 0.15) is 0 Å². The van der Waals surface area contributed by atoms with E-state index in [0.29, 0.717) is 37.4 Å². The molecule has 0 radical (unpaired) electrons. The summed E-state index contributed by atoms with van der Waals surface area (Å²) in [7, 11) is 3.11. The van der Waals surface area contributed by atoms with Crippen molar-refractivity contribution < 1.29 is 23.0 Å². The smallest absolute Gasteiger partial charge is 0.251 e. The minimum absolute atomic E-state index is 0.0477. The van der Waals surface area contributed by atoms with Crippen molar-refractivity contribution in [3.8, 4) is 11.5 Å². The van der Waals surface area contributed by atoms with Crippen molar-refractivity contribution in [1.29, 1.82) is 0 Å². The maximum atomic E-state index is 12.4. The van der Waals surface area contributed by atoms with Crippen molar-refractivity contribution >= 4 is 5.91 Å². The van der Waals surface area contributed by atoms with Crippen molar-refractivity contribution in [2.24, 2.45) is 0 Å². The van der Waals surface area contributed by atoms with Crippen LogP contribution in [0.4, 0.5) is 8.78 Å². The number of rotatable bonds is 7. The Bertz CT molecular complexity index is 547. The normalized spacial score (nSPS) is 16.2. The monoisotopic (exact) mass is 342 g/mol. The van der Waals surface area contributed by atoms with Gasteiger partial charge in [-0.3, -0.25) is 9.69 Å². The van der Waals surface area contributed by atoms with Gasteiger partial charge in [-0.05, 0) is 30.5 Å². The predicted octanol–water partition coefficient (Wildman–Crippen LogP) is 2.09. The predicted molar refractivity (Wildman–Crippen MR) is 86.9 cm³/mol. The van der Waals surface area contributed by atoms with Gasteiger partial charge in [-0.1, -0.05) is 6.07 Å². The third-order valence-electron chi connectivity index (χ3n) is 4.16. The third kappa shape index (κ3) is 5.33. The van der Waals surface area contributed by atoms with Crippen LogP contribution in [-0.4, -0.2) is 57.1 Å². The lowest BCUT2D eigenvalue weighted by Crippen LogP contribution is -2.46. The SMILES string of the molecule is COc1ccc(CC(=O)NC2CCN(CC(F)F)CC2)cc1OC. The minimum Gasteiger partial charge on any atom is -0.493 e. The maximum Gasteiger partial charge on any atom is 0.251 e. The number of piperidine rings is 1. The second-order valence-corrected chi connectivity index (χ2v) is 5.90. The lowest BCUT2D eigenvalue weighted by atomic mass is 10.0. The number of nitrogens with zero attached hydrogens (tertiary/aromatic N) is 1. The highest BCUT2D eigenvalue weighted by molar-refractivity contribution is 5.79. The Morgan fingerprint density at radius 3 is 2.50 bits per heavy atom. The highest BCUT2D eigenvalue weighted by Crippen LogP contribution is 2.27. The summed E-state index contributed by atoms with van der Waals surface area (Å²) in [5.74, 6) is 1.13. The molecule has 2 rings (SSSR count). The number of amides is 1. The molecule has 1 heterocycles. The van der Waals surface area contributed by atoms with Gasteiger partial charge in [-0.25, -0.2) is 8.78 Å². The lowest BCUT2D eigenvalue weighted by molar-refractivity contribution is -0.121. The van der Waals surface area contributed by atoms with Gasteiger partial charge in [-0.2, -0.15) is 0 Å². The van der Waals surface area contributed by atoms with E-state index in [1.54, 1.807) is 31.3 Å². The van der Waals surface area contributed by atoms with Gasteiger partial charge in [0.2, 0.25) is 5.91 Å². The van der Waals surface area contributed by atoms with E-state index >= 15 is 0 Å². The molecular formula is C17H24F2N2O3. The molecular weight excluding hydrogens is 318 g/mol. The first-order valence-electron chi connectivity index (χ1n) is 8.02. The van der Waals surface area contributed by atoms with Gasteiger partial charge in [0.05, 0.1) is 27.2 Å². The van der Waals surface area contributed by atoms with Crippen molar-refractivity contribution in [1.82, 2.24) is 10.2 Å². The molecule has 0 aliphatic carbocycles. The molecule has 134 valence electrons. The van der Waals surface area contributed by atoms with Gasteiger partial charge < -0.3 is 14.8 Å². The molecule has 7 heteroatoms. The molecule has 0 atom stereocenters. The van der Waals surface area contributed by atoms with E-state index in [1.807, 2.05) is 6.07 Å². The van der Waals surface area contributed by atoms with Gasteiger partial charge in [-0.15, -0.1) is 0 Å². The fraction of sp³-hybridized carbons (Fsp3) is 0.588. The summed E-state index contributed by atoms with van der Waals surface area (Å²) in [6.45, 7) is 0.990. The Morgan fingerprint density at radius 2 is 1.92 bits per heavy atom. The van der Waals surface area contributed by atoms with Crippen LogP contribution in [0.15, 0.2) is 18.2 Å². The Hall–Kier alpha value is -1.89. The molecule has 1 saturated heterocycles. The highest BCUT2D eigenvalue weighted by atomic mass is 19.3. The van der Waals surface area contributed by atoms with Gasteiger partial charge >= 0.3 is 0 Å². The van der Waals surface area contributed by atoms with Crippen molar-refractivity contribution in [2.75, 3.05) is 33.9 Å². The molecule has 1 aliphatic rings. The summed E-state index contributed by atoms with van der Waals surface area (Å²) < 4.78 is 35.1. The Labute approximate surface area is 140 Å². The average molecular weight is 342 g/mol. The first-order valence-corrected chi connectivity index (χ1v) is 8.02. The number of alkyl halides is 2. The molecule has 24 heavy (non-hydrogen) atoms. The van der Waals surface area contributed by atoms with Crippen molar-refractivity contribution in [3.05, 3.63) is 23.8 Å². The van der Waals surface area contributed by atoms with Crippen LogP contribution >= 0.6 is 0 Å². The van der Waals surface area contributed by atoms with Crippen LogP contribution in [0, 0.1) is 0 Å². The number of hydrogen-bond donors (Lipinski definition) is 1. The van der Waals surface area contributed by atoms with E-state index < -0.39 is 6.43 Å². The second kappa shape index (κ2) is 8.82. The molecule has 0 bridgehead atoms. The third-order valence-corrected chi connectivity index (χ3v) is 4.16. The molecule has 1 aromatic rings. The largest absolute Gasteiger partial charge is 0.493 e. The number of likely N-dealkylation sites (tertiary alicyclic amines) is 1. The van der Waals surface area contributed by atoms with Gasteiger partial charge in [0.15, 0.2) is 11.5 Å². The van der Waals surface area contributed by atoms with E-state index in [1.165, 1.54) is 0 Å². The van der Waals surface area contributed by atoms with Crippen LogP contribution in [-0.2, 0) is 11.2 Å². The maximum absolute atomic E-state index is 12.4. The number of carbonyl (C=O) groups excluding carboxylic acids is 1. The van der Waals surface area contributed by atoms with E-state index in [-0.39, 0.29) is 24.9 Å². The lowest BCUT2D eigenvalue weighted by Gasteiger charge is -2.32. The second-order valence-electron chi connectivity index (χ2n) is 5.90. The number of ether oxygens (including phenoxy) is 2. The molecule has 1 aliphatic heterocycles. The molecule has 0 spiro atoms. The Balaban J connectivity index is 1.82. The summed E-state index contributed by atoms with van der Waals surface area (Å²) in [4.78, 5) is 13.9. The summed E-state index contributed by atoms with van der Waals surface area (Å²) >= 11 is 0. The van der Waals surface area contributed by atoms with Crippen LogP contribution in [0.1, 0.15) is 18.4 Å². The number of benzene rings is 1. The summed E-state index contributed by atoms with van der Waals surface area (Å²) in [5, 5.41) is 2.98. The van der Waals surface area contributed by atoms with Crippen LogP contribution in [0.3, 0.4) is 0 Å². The van der Waals surface area contributed by atoms with Crippen molar-refractivity contribution in [3.63, 3.8) is 0 Å². The quantitative estimate of drug-likeness (QED) is 0.824. The molecule has 1 fully saturated rings. The Kier molecular flexibility index (Phi) is 6.78. The zero-order chi connectivity index (χ0) is 17.5. The zero-order valence-electron chi connectivity index (χ0n) is 14.1. The minimum atomic E-state index is -2.30. The molecule has 0 aromatic heterocycles. The molecule has 1 N–H and O–H groups in total. The van der Waals surface area contributed by atoms with Crippen LogP contribution < -0.4 is 14.8 Å². The van der Waals surface area contributed by atoms with E-state index in [4.69, 9.17) is 9.47 Å². The van der Waals surface area contributed by atoms with E-state index in [2.05, 4.69) is 5.32 Å². The topological polar surface area (TPSA) is 50.8 Å². The highest BCUT2D eigenvalue weighted by Gasteiger charge is 2.22. The molecule has 5 nitrogen and oxygen atoms in total. The van der Waals surface area contributed by atoms with Crippen LogP contribution in [0.25, 0.3) is 0 Å². The molecule has 1 aromatic carbocycles. The molecule has 1 amide bonds. The van der Waals surface area contributed by atoms with Gasteiger partial charge in [0.25, 0.3) is 6.43 Å². The molecule has 0 unspecified atom stereocenters. The van der Waals surface area contributed by atoms with Crippen LogP contribution in [0.5, 0.6) is 11.5 Å².